The number of halogens is 2. The topological polar surface area (TPSA) is 41.5 Å². The first-order chi connectivity index (χ1) is 10.0. The van der Waals surface area contributed by atoms with Crippen molar-refractivity contribution in [3.8, 4) is 11.5 Å². The van der Waals surface area contributed by atoms with Gasteiger partial charge in [0, 0.05) is 10.5 Å². The number of aromatic hydroxyl groups is 1. The van der Waals surface area contributed by atoms with Crippen LogP contribution in [-0.4, -0.2) is 12.2 Å². The van der Waals surface area contributed by atoms with Crippen molar-refractivity contribution in [1.82, 2.24) is 0 Å². The van der Waals surface area contributed by atoms with Crippen LogP contribution in [0.3, 0.4) is 0 Å². The zero-order valence-electron chi connectivity index (χ0n) is 11.9. The van der Waals surface area contributed by atoms with Gasteiger partial charge < -0.3 is 15.2 Å². The number of benzene rings is 2. The van der Waals surface area contributed by atoms with Crippen molar-refractivity contribution in [2.24, 2.45) is 0 Å². The molecule has 2 rings (SSSR count). The second-order valence-corrected chi connectivity index (χ2v) is 6.37. The first-order valence-electron chi connectivity index (χ1n) is 6.63. The van der Waals surface area contributed by atoms with Crippen molar-refractivity contribution in [3.63, 3.8) is 0 Å². The minimum Gasteiger partial charge on any atom is -0.508 e. The Bertz CT molecular complexity index is 614. The van der Waals surface area contributed by atoms with E-state index in [0.29, 0.717) is 0 Å². The average molecular weight is 415 g/mol. The van der Waals surface area contributed by atoms with Crippen LogP contribution in [0.5, 0.6) is 11.5 Å². The lowest BCUT2D eigenvalue weighted by Crippen LogP contribution is -2.10. The number of hydrogen-bond acceptors (Lipinski definition) is 3. The first-order valence-corrected chi connectivity index (χ1v) is 8.22. The maximum atomic E-state index is 9.39. The van der Waals surface area contributed by atoms with Gasteiger partial charge in [-0.3, -0.25) is 0 Å². The lowest BCUT2D eigenvalue weighted by Gasteiger charge is -2.20. The Balaban J connectivity index is 2.28. The molecule has 3 nitrogen and oxygen atoms in total. The number of methoxy groups -OCH3 is 1. The van der Waals surface area contributed by atoms with Crippen LogP contribution in [0.4, 0.5) is 5.69 Å². The monoisotopic (exact) mass is 413 g/mol. The third kappa shape index (κ3) is 3.92. The fraction of sp³-hybridized carbons (Fsp3) is 0.250. The first kappa shape index (κ1) is 16.2. The summed E-state index contributed by atoms with van der Waals surface area (Å²) in [6.45, 7) is 2.12. The normalized spacial score (nSPS) is 12.0. The Hall–Kier alpha value is -1.20. The van der Waals surface area contributed by atoms with Gasteiger partial charge in [0.05, 0.1) is 23.3 Å². The predicted octanol–water partition coefficient (Wildman–Crippen LogP) is 5.49. The van der Waals surface area contributed by atoms with Crippen molar-refractivity contribution in [1.29, 1.82) is 0 Å². The molecular formula is C16H17Br2NO2. The Labute approximate surface area is 141 Å². The number of phenols is 1. The summed E-state index contributed by atoms with van der Waals surface area (Å²) in [4.78, 5) is 0. The summed E-state index contributed by atoms with van der Waals surface area (Å²) >= 11 is 7.03. The number of rotatable bonds is 5. The van der Waals surface area contributed by atoms with Crippen molar-refractivity contribution >= 4 is 37.5 Å². The highest BCUT2D eigenvalue weighted by Gasteiger charge is 2.13. The van der Waals surface area contributed by atoms with Gasteiger partial charge in [0.25, 0.3) is 0 Å². The molecule has 0 amide bonds. The van der Waals surface area contributed by atoms with Gasteiger partial charge in [-0.1, -0.05) is 19.1 Å². The molecule has 0 aliphatic carbocycles. The molecule has 1 unspecified atom stereocenters. The molecule has 0 aromatic heterocycles. The lowest BCUT2D eigenvalue weighted by molar-refractivity contribution is 0.412. The summed E-state index contributed by atoms with van der Waals surface area (Å²) < 4.78 is 7.20. The summed E-state index contributed by atoms with van der Waals surface area (Å²) in [5, 5.41) is 12.9. The molecule has 112 valence electrons. The molecule has 0 heterocycles. The van der Waals surface area contributed by atoms with Crippen LogP contribution < -0.4 is 10.1 Å². The second-order valence-electron chi connectivity index (χ2n) is 4.66. The van der Waals surface area contributed by atoms with E-state index >= 15 is 0 Å². The van der Waals surface area contributed by atoms with Crippen LogP contribution in [0.25, 0.3) is 0 Å². The number of anilines is 1. The smallest absolute Gasteiger partial charge is 0.135 e. The minimum absolute atomic E-state index is 0.160. The fourth-order valence-electron chi connectivity index (χ4n) is 2.11. The Morgan fingerprint density at radius 3 is 2.38 bits per heavy atom. The van der Waals surface area contributed by atoms with Gasteiger partial charge in [-0.2, -0.15) is 0 Å². The predicted molar refractivity (Wildman–Crippen MR) is 93.2 cm³/mol. The van der Waals surface area contributed by atoms with Crippen LogP contribution in [0, 0.1) is 0 Å². The highest BCUT2D eigenvalue weighted by molar-refractivity contribution is 9.11. The third-order valence-electron chi connectivity index (χ3n) is 3.27. The van der Waals surface area contributed by atoms with Crippen LogP contribution in [0.1, 0.15) is 24.9 Å². The number of ether oxygens (including phenoxy) is 1. The number of nitrogens with one attached hydrogen (secondary N) is 1. The molecule has 0 spiro atoms. The Morgan fingerprint density at radius 2 is 1.81 bits per heavy atom. The molecule has 0 bridgehead atoms. The van der Waals surface area contributed by atoms with E-state index in [-0.39, 0.29) is 11.8 Å². The van der Waals surface area contributed by atoms with Crippen LogP contribution in [-0.2, 0) is 0 Å². The summed E-state index contributed by atoms with van der Waals surface area (Å²) in [6.07, 6.45) is 0.926. The molecular weight excluding hydrogens is 398 g/mol. The van der Waals surface area contributed by atoms with Gasteiger partial charge in [0.15, 0.2) is 0 Å². The van der Waals surface area contributed by atoms with Crippen LogP contribution >= 0.6 is 31.9 Å². The van der Waals surface area contributed by atoms with Crippen molar-refractivity contribution in [2.45, 2.75) is 19.4 Å². The van der Waals surface area contributed by atoms with Gasteiger partial charge in [-0.25, -0.2) is 0 Å². The highest BCUT2D eigenvalue weighted by Crippen LogP contribution is 2.36. The largest absolute Gasteiger partial charge is 0.508 e. The van der Waals surface area contributed by atoms with E-state index in [0.717, 1.165) is 32.4 Å². The van der Waals surface area contributed by atoms with Gasteiger partial charge in [0.2, 0.25) is 0 Å². The molecule has 0 radical (unpaired) electrons. The quantitative estimate of drug-likeness (QED) is 0.679. The Morgan fingerprint density at radius 1 is 1.14 bits per heavy atom. The Kier molecular flexibility index (Phi) is 5.53. The molecule has 0 aliphatic heterocycles. The van der Waals surface area contributed by atoms with Crippen molar-refractivity contribution < 1.29 is 9.84 Å². The molecule has 0 aliphatic rings. The molecule has 2 N–H and O–H groups in total. The second kappa shape index (κ2) is 7.18. The number of hydrogen-bond donors (Lipinski definition) is 2. The van der Waals surface area contributed by atoms with Crippen LogP contribution in [0.2, 0.25) is 0 Å². The van der Waals surface area contributed by atoms with Crippen molar-refractivity contribution in [2.75, 3.05) is 12.4 Å². The molecule has 2 aromatic rings. The van der Waals surface area contributed by atoms with Gasteiger partial charge in [-0.15, -0.1) is 0 Å². The summed E-state index contributed by atoms with van der Waals surface area (Å²) in [6, 6.07) is 11.4. The van der Waals surface area contributed by atoms with Crippen molar-refractivity contribution in [3.05, 3.63) is 50.9 Å². The van der Waals surface area contributed by atoms with E-state index in [9.17, 15) is 5.11 Å². The molecule has 1 atom stereocenters. The molecule has 0 fully saturated rings. The van der Waals surface area contributed by atoms with E-state index in [1.165, 1.54) is 0 Å². The van der Waals surface area contributed by atoms with E-state index in [2.05, 4.69) is 44.1 Å². The van der Waals surface area contributed by atoms with Gasteiger partial charge in [-0.05, 0) is 62.0 Å². The standard InChI is InChI=1S/C16H17Br2NO2/c1-3-14(10-4-6-11(20)7-5-10)19-15-9-16(21-2)13(18)8-12(15)17/h4-9,14,19-20H,3H2,1-2H3. The summed E-state index contributed by atoms with van der Waals surface area (Å²) in [5.74, 6) is 1.06. The summed E-state index contributed by atoms with van der Waals surface area (Å²) in [7, 11) is 1.65. The number of phenolic OH excluding ortho intramolecular Hbond substituents is 1. The molecule has 5 heteroatoms. The lowest BCUT2D eigenvalue weighted by atomic mass is 10.0. The SMILES string of the molecule is CCC(Nc1cc(OC)c(Br)cc1Br)c1ccc(O)cc1. The zero-order chi connectivity index (χ0) is 15.4. The van der Waals surface area contributed by atoms with Gasteiger partial charge in [0.1, 0.15) is 11.5 Å². The molecule has 2 aromatic carbocycles. The fourth-order valence-corrected chi connectivity index (χ4v) is 3.38. The molecule has 21 heavy (non-hydrogen) atoms. The van der Waals surface area contributed by atoms with E-state index < -0.39 is 0 Å². The van der Waals surface area contributed by atoms with Crippen LogP contribution in [0.15, 0.2) is 45.3 Å². The van der Waals surface area contributed by atoms with E-state index in [1.807, 2.05) is 24.3 Å². The van der Waals surface area contributed by atoms with Gasteiger partial charge >= 0.3 is 0 Å². The molecule has 0 saturated carbocycles. The minimum atomic E-state index is 0.160. The average Bonchev–Trinajstić information content (AvgIpc) is 2.48. The maximum absolute atomic E-state index is 9.39. The summed E-state index contributed by atoms with van der Waals surface area (Å²) in [5.41, 5.74) is 2.10. The molecule has 0 saturated heterocycles. The van der Waals surface area contributed by atoms with E-state index in [4.69, 9.17) is 4.74 Å². The third-order valence-corrected chi connectivity index (χ3v) is 4.55. The highest BCUT2D eigenvalue weighted by atomic mass is 79.9. The maximum Gasteiger partial charge on any atom is 0.135 e. The van der Waals surface area contributed by atoms with E-state index in [1.54, 1.807) is 19.2 Å². The zero-order valence-corrected chi connectivity index (χ0v) is 15.0.